The lowest BCUT2D eigenvalue weighted by molar-refractivity contribution is -0.192. The fraction of sp³-hybridized carbons (Fsp3) is 0.700. The van der Waals surface area contributed by atoms with Crippen molar-refractivity contribution in [3.05, 3.63) is 18.5 Å². The van der Waals surface area contributed by atoms with Gasteiger partial charge in [0.05, 0.1) is 11.7 Å². The molecule has 0 unspecified atom stereocenters. The molecule has 3 saturated heterocycles. The monoisotopic (exact) mass is 459 g/mol. The van der Waals surface area contributed by atoms with Crippen molar-refractivity contribution in [1.29, 1.82) is 0 Å². The van der Waals surface area contributed by atoms with E-state index in [2.05, 4.69) is 20.2 Å². The second-order valence-corrected chi connectivity index (χ2v) is 8.22. The van der Waals surface area contributed by atoms with Crippen molar-refractivity contribution in [3.8, 4) is 0 Å². The van der Waals surface area contributed by atoms with Crippen molar-refractivity contribution in [2.24, 2.45) is 0 Å². The second kappa shape index (κ2) is 10.3. The van der Waals surface area contributed by atoms with Crippen molar-refractivity contribution in [1.82, 2.24) is 20.2 Å². The van der Waals surface area contributed by atoms with Crippen LogP contribution in [0.3, 0.4) is 0 Å². The molecule has 2 N–H and O–H groups in total. The minimum absolute atomic E-state index is 0.0615. The number of carbonyl (C=O) groups is 2. The molecule has 0 aromatic carbocycles. The van der Waals surface area contributed by atoms with Gasteiger partial charge in [-0.05, 0) is 44.6 Å². The SMILES string of the molecule is O=C(NC[C@@H]1CCC[C@]2(CCN(c3ncccn3)C2)O1)N1CCCC1.O=C(O)C(F)(F)F. The minimum Gasteiger partial charge on any atom is -0.475 e. The minimum atomic E-state index is -5.08. The van der Waals surface area contributed by atoms with Crippen LogP contribution >= 0.6 is 0 Å². The number of anilines is 1. The normalized spacial score (nSPS) is 25.4. The van der Waals surface area contributed by atoms with E-state index in [1.165, 1.54) is 0 Å². The smallest absolute Gasteiger partial charge is 0.475 e. The molecule has 32 heavy (non-hydrogen) atoms. The molecule has 4 heterocycles. The zero-order chi connectivity index (χ0) is 23.2. The first kappa shape index (κ1) is 24.0. The highest BCUT2D eigenvalue weighted by molar-refractivity contribution is 5.74. The summed E-state index contributed by atoms with van der Waals surface area (Å²) < 4.78 is 38.2. The summed E-state index contributed by atoms with van der Waals surface area (Å²) in [7, 11) is 0. The molecule has 178 valence electrons. The van der Waals surface area contributed by atoms with Crippen molar-refractivity contribution >= 4 is 17.9 Å². The van der Waals surface area contributed by atoms with E-state index < -0.39 is 12.1 Å². The van der Waals surface area contributed by atoms with Crippen LogP contribution in [0.25, 0.3) is 0 Å². The van der Waals surface area contributed by atoms with Gasteiger partial charge in [-0.1, -0.05) is 0 Å². The molecular weight excluding hydrogens is 431 g/mol. The van der Waals surface area contributed by atoms with Crippen LogP contribution in [-0.2, 0) is 9.53 Å². The fourth-order valence-electron chi connectivity index (χ4n) is 4.27. The maximum Gasteiger partial charge on any atom is 0.490 e. The van der Waals surface area contributed by atoms with Gasteiger partial charge >= 0.3 is 18.2 Å². The zero-order valence-electron chi connectivity index (χ0n) is 17.7. The van der Waals surface area contributed by atoms with Gasteiger partial charge < -0.3 is 25.0 Å². The summed E-state index contributed by atoms with van der Waals surface area (Å²) in [6.45, 7) is 4.14. The van der Waals surface area contributed by atoms with E-state index in [0.29, 0.717) is 6.54 Å². The largest absolute Gasteiger partial charge is 0.490 e. The summed E-state index contributed by atoms with van der Waals surface area (Å²) in [5.74, 6) is -1.97. The Balaban J connectivity index is 0.000000360. The third-order valence-corrected chi connectivity index (χ3v) is 5.84. The molecule has 0 saturated carbocycles. The molecule has 0 bridgehead atoms. The van der Waals surface area contributed by atoms with Crippen LogP contribution in [0.5, 0.6) is 0 Å². The molecule has 2 amide bonds. The molecule has 3 aliphatic heterocycles. The van der Waals surface area contributed by atoms with Crippen molar-refractivity contribution in [2.75, 3.05) is 37.6 Å². The number of hydrogen-bond acceptors (Lipinski definition) is 6. The first-order valence-electron chi connectivity index (χ1n) is 10.7. The highest BCUT2D eigenvalue weighted by Gasteiger charge is 2.43. The number of carboxylic acid groups (broad SMARTS) is 1. The Morgan fingerprint density at radius 3 is 2.44 bits per heavy atom. The van der Waals surface area contributed by atoms with Crippen LogP contribution in [0.15, 0.2) is 18.5 Å². The molecule has 12 heteroatoms. The van der Waals surface area contributed by atoms with E-state index in [1.54, 1.807) is 12.4 Å². The maximum atomic E-state index is 12.2. The number of alkyl halides is 3. The quantitative estimate of drug-likeness (QED) is 0.715. The number of ether oxygens (including phenoxy) is 1. The fourth-order valence-corrected chi connectivity index (χ4v) is 4.27. The van der Waals surface area contributed by atoms with Crippen molar-refractivity contribution < 1.29 is 32.6 Å². The summed E-state index contributed by atoms with van der Waals surface area (Å²) in [5, 5.41) is 10.2. The van der Waals surface area contributed by atoms with Gasteiger partial charge in [0.1, 0.15) is 0 Å². The van der Waals surface area contributed by atoms with E-state index in [1.807, 2.05) is 11.0 Å². The van der Waals surface area contributed by atoms with Gasteiger partial charge in [-0.25, -0.2) is 19.6 Å². The zero-order valence-corrected chi connectivity index (χ0v) is 17.7. The van der Waals surface area contributed by atoms with E-state index in [4.69, 9.17) is 14.6 Å². The maximum absolute atomic E-state index is 12.2. The number of likely N-dealkylation sites (tertiary alicyclic amines) is 1. The lowest BCUT2D eigenvalue weighted by Gasteiger charge is -2.38. The van der Waals surface area contributed by atoms with E-state index in [-0.39, 0.29) is 17.7 Å². The van der Waals surface area contributed by atoms with Gasteiger partial charge in [-0.15, -0.1) is 0 Å². The van der Waals surface area contributed by atoms with Gasteiger partial charge in [0.15, 0.2) is 0 Å². The van der Waals surface area contributed by atoms with E-state index in [0.717, 1.165) is 70.7 Å². The summed E-state index contributed by atoms with van der Waals surface area (Å²) in [6, 6.07) is 1.90. The molecule has 0 aliphatic carbocycles. The van der Waals surface area contributed by atoms with Crippen LogP contribution in [0.4, 0.5) is 23.9 Å². The summed E-state index contributed by atoms with van der Waals surface area (Å²) in [5.41, 5.74) is -0.111. The predicted octanol–water partition coefficient (Wildman–Crippen LogP) is 2.43. The molecule has 1 aromatic heterocycles. The Labute approximate surface area is 183 Å². The summed E-state index contributed by atoms with van der Waals surface area (Å²) >= 11 is 0. The van der Waals surface area contributed by atoms with Gasteiger partial charge in [0.25, 0.3) is 0 Å². The average Bonchev–Trinajstić information content (AvgIpc) is 3.44. The third kappa shape index (κ3) is 6.44. The first-order chi connectivity index (χ1) is 15.2. The van der Waals surface area contributed by atoms with Crippen LogP contribution in [0, 0.1) is 0 Å². The highest BCUT2D eigenvalue weighted by atomic mass is 19.4. The number of carboxylic acids is 1. The second-order valence-electron chi connectivity index (χ2n) is 8.22. The van der Waals surface area contributed by atoms with Crippen molar-refractivity contribution in [2.45, 2.75) is 56.4 Å². The third-order valence-electron chi connectivity index (χ3n) is 5.84. The Morgan fingerprint density at radius 2 is 1.81 bits per heavy atom. The Bertz CT molecular complexity index is 776. The van der Waals surface area contributed by atoms with Crippen LogP contribution in [-0.4, -0.2) is 82.6 Å². The molecular formula is C20H28F3N5O4. The van der Waals surface area contributed by atoms with E-state index in [9.17, 15) is 18.0 Å². The van der Waals surface area contributed by atoms with Gasteiger partial charge in [0, 0.05) is 45.1 Å². The molecule has 1 spiro atoms. The highest BCUT2D eigenvalue weighted by Crippen LogP contribution is 2.37. The van der Waals surface area contributed by atoms with Crippen LogP contribution < -0.4 is 10.2 Å². The topological polar surface area (TPSA) is 108 Å². The molecule has 3 fully saturated rings. The number of nitrogens with zero attached hydrogens (tertiary/aromatic N) is 4. The molecule has 3 aliphatic rings. The predicted molar refractivity (Wildman–Crippen MR) is 108 cm³/mol. The number of nitrogens with one attached hydrogen (secondary N) is 1. The molecule has 9 nitrogen and oxygen atoms in total. The lowest BCUT2D eigenvalue weighted by atomic mass is 9.90. The number of rotatable bonds is 3. The van der Waals surface area contributed by atoms with Crippen molar-refractivity contribution in [3.63, 3.8) is 0 Å². The number of amides is 2. The number of carbonyl (C=O) groups excluding carboxylic acids is 1. The Morgan fingerprint density at radius 1 is 1.16 bits per heavy atom. The molecule has 2 atom stereocenters. The Hall–Kier alpha value is -2.63. The van der Waals surface area contributed by atoms with Crippen LogP contribution in [0.2, 0.25) is 0 Å². The Kier molecular flexibility index (Phi) is 7.75. The van der Waals surface area contributed by atoms with E-state index >= 15 is 0 Å². The average molecular weight is 459 g/mol. The van der Waals surface area contributed by atoms with Gasteiger partial charge in [-0.3, -0.25) is 0 Å². The number of hydrogen-bond donors (Lipinski definition) is 2. The standard InChI is InChI=1S/C18H27N5O2.C2HF3O2/c24-17(22-10-1-2-11-22)21-13-15-5-3-6-18(25-15)7-12-23(14-18)16-19-8-4-9-20-16;3-2(4,5)1(6)7/h4,8-9,15H,1-3,5-7,10-14H2,(H,21,24);(H,6,7)/t15-,18+;/m0./s1. The van der Waals surface area contributed by atoms with Gasteiger partial charge in [-0.2, -0.15) is 13.2 Å². The molecule has 4 rings (SSSR count). The number of aromatic nitrogens is 2. The molecule has 1 aromatic rings. The summed E-state index contributed by atoms with van der Waals surface area (Å²) in [4.78, 5) is 33.9. The first-order valence-corrected chi connectivity index (χ1v) is 10.7. The van der Waals surface area contributed by atoms with Gasteiger partial charge in [0.2, 0.25) is 5.95 Å². The number of halogens is 3. The number of urea groups is 1. The summed E-state index contributed by atoms with van der Waals surface area (Å²) in [6.07, 6.45) is 5.07. The lowest BCUT2D eigenvalue weighted by Crippen LogP contribution is -2.48. The molecule has 0 radical (unpaired) electrons. The number of aliphatic carboxylic acids is 1. The van der Waals surface area contributed by atoms with Crippen LogP contribution in [0.1, 0.15) is 38.5 Å².